The second-order valence-electron chi connectivity index (χ2n) is 8.55. The van der Waals surface area contributed by atoms with Gasteiger partial charge in [0.25, 0.3) is 11.8 Å². The van der Waals surface area contributed by atoms with Gasteiger partial charge >= 0.3 is 0 Å². The number of nitrogens with one attached hydrogen (secondary N) is 4. The summed E-state index contributed by atoms with van der Waals surface area (Å²) < 4.78 is 27.7. The van der Waals surface area contributed by atoms with Crippen molar-refractivity contribution in [3.63, 3.8) is 0 Å². The lowest BCUT2D eigenvalue weighted by molar-refractivity contribution is -0.111. The molecule has 0 bridgehead atoms. The summed E-state index contributed by atoms with van der Waals surface area (Å²) in [4.78, 5) is 37.5. The smallest absolute Gasteiger partial charge is 0.271 e. The third-order valence-corrected chi connectivity index (χ3v) is 8.34. The quantitative estimate of drug-likeness (QED) is 0.293. The molecule has 2 heterocycles. The summed E-state index contributed by atoms with van der Waals surface area (Å²) in [6.07, 6.45) is 4.54. The molecule has 204 valence electrons. The molecule has 1 aliphatic rings. The Hall–Kier alpha value is -3.71. The molecule has 0 spiro atoms. The summed E-state index contributed by atoms with van der Waals surface area (Å²) in [5, 5.41) is 14.6. The van der Waals surface area contributed by atoms with Gasteiger partial charge in [-0.3, -0.25) is 19.5 Å². The topological polar surface area (TPSA) is 153 Å². The van der Waals surface area contributed by atoms with Crippen LogP contribution in [0.3, 0.4) is 0 Å². The second kappa shape index (κ2) is 12.0. The summed E-state index contributed by atoms with van der Waals surface area (Å²) in [7, 11) is -3.88. The van der Waals surface area contributed by atoms with Gasteiger partial charge in [0.15, 0.2) is 0 Å². The van der Waals surface area contributed by atoms with E-state index in [1.807, 2.05) is 0 Å². The molecule has 1 fully saturated rings. The lowest BCUT2D eigenvalue weighted by atomic mass is 10.2. The van der Waals surface area contributed by atoms with Crippen molar-refractivity contribution < 1.29 is 22.8 Å². The van der Waals surface area contributed by atoms with Crippen LogP contribution in [0.1, 0.15) is 34.2 Å². The maximum Gasteiger partial charge on any atom is 0.271 e. The average Bonchev–Trinajstić information content (AvgIpc) is 3.54. The van der Waals surface area contributed by atoms with Gasteiger partial charge in [-0.15, -0.1) is 0 Å². The highest BCUT2D eigenvalue weighted by Gasteiger charge is 2.34. The van der Waals surface area contributed by atoms with Crippen molar-refractivity contribution in [2.45, 2.75) is 24.3 Å². The molecule has 0 saturated carbocycles. The van der Waals surface area contributed by atoms with Crippen LogP contribution in [-0.2, 0) is 14.8 Å². The molecule has 14 heteroatoms. The molecule has 4 N–H and O–H groups in total. The minimum absolute atomic E-state index is 0.0163. The number of benzene rings is 2. The zero-order chi connectivity index (χ0) is 28.2. The standard InChI is InChI=1S/C25H24Cl2N6O5S/c1-2-5-21(34)29-15-6-3-7-17(12-15)39(37,38)33-11-10-16(14-33)30-25(36)23-20(13-28-32-23)31-24(35)22-18(26)8-4-9-19(22)27/h2-9,12-13,16H,10-11,14H2,1H3,(H,28,32)(H,29,34)(H,30,36)(H,31,35)/b5-2+/t16-/m0/s1. The number of carbonyl (C=O) groups excluding carboxylic acids is 3. The van der Waals surface area contributed by atoms with Gasteiger partial charge in [0, 0.05) is 24.8 Å². The van der Waals surface area contributed by atoms with Gasteiger partial charge in [-0.1, -0.05) is 41.4 Å². The van der Waals surface area contributed by atoms with E-state index in [1.165, 1.54) is 46.9 Å². The average molecular weight is 591 g/mol. The fourth-order valence-electron chi connectivity index (χ4n) is 3.99. The third kappa shape index (κ3) is 6.48. The van der Waals surface area contributed by atoms with Gasteiger partial charge in [-0.25, -0.2) is 8.42 Å². The molecule has 2 aromatic carbocycles. The summed E-state index contributed by atoms with van der Waals surface area (Å²) in [5.41, 5.74) is 0.482. The Morgan fingerprint density at radius 2 is 1.79 bits per heavy atom. The Labute approximate surface area is 234 Å². The normalized spacial score (nSPS) is 15.8. The van der Waals surface area contributed by atoms with Crippen LogP contribution in [0.5, 0.6) is 0 Å². The predicted molar refractivity (Wildman–Crippen MR) is 148 cm³/mol. The first kappa shape index (κ1) is 28.3. The minimum Gasteiger partial charge on any atom is -0.347 e. The molecule has 3 aromatic rings. The first-order valence-corrected chi connectivity index (χ1v) is 13.9. The number of H-pyrrole nitrogens is 1. The minimum atomic E-state index is -3.88. The van der Waals surface area contributed by atoms with Crippen LogP contribution in [0.2, 0.25) is 10.0 Å². The summed E-state index contributed by atoms with van der Waals surface area (Å²) in [6, 6.07) is 10.1. The van der Waals surface area contributed by atoms with Gasteiger partial charge in [-0.05, 0) is 49.8 Å². The van der Waals surface area contributed by atoms with Crippen LogP contribution in [0.15, 0.2) is 65.7 Å². The van der Waals surface area contributed by atoms with E-state index in [9.17, 15) is 22.8 Å². The molecule has 1 atom stereocenters. The largest absolute Gasteiger partial charge is 0.347 e. The van der Waals surface area contributed by atoms with Crippen molar-refractivity contribution >= 4 is 62.3 Å². The van der Waals surface area contributed by atoms with Gasteiger partial charge in [-0.2, -0.15) is 9.40 Å². The third-order valence-electron chi connectivity index (χ3n) is 5.85. The Balaban J connectivity index is 1.41. The number of halogens is 2. The highest BCUT2D eigenvalue weighted by molar-refractivity contribution is 7.89. The fourth-order valence-corrected chi connectivity index (χ4v) is 6.11. The molecule has 1 aromatic heterocycles. The molecule has 4 rings (SSSR count). The van der Waals surface area contributed by atoms with Crippen molar-refractivity contribution in [1.82, 2.24) is 19.8 Å². The Morgan fingerprint density at radius 1 is 1.08 bits per heavy atom. The van der Waals surface area contributed by atoms with E-state index in [2.05, 4.69) is 26.1 Å². The summed E-state index contributed by atoms with van der Waals surface area (Å²) in [6.45, 7) is 1.91. The molecule has 0 unspecified atom stereocenters. The second-order valence-corrected chi connectivity index (χ2v) is 11.3. The first-order valence-electron chi connectivity index (χ1n) is 11.7. The molecule has 39 heavy (non-hydrogen) atoms. The number of rotatable bonds is 8. The van der Waals surface area contributed by atoms with Crippen molar-refractivity contribution in [2.75, 3.05) is 23.7 Å². The first-order chi connectivity index (χ1) is 18.6. The highest BCUT2D eigenvalue weighted by Crippen LogP contribution is 2.27. The van der Waals surface area contributed by atoms with Crippen molar-refractivity contribution in [2.24, 2.45) is 0 Å². The Bertz CT molecular complexity index is 1540. The van der Waals surface area contributed by atoms with Gasteiger partial charge < -0.3 is 16.0 Å². The number of hydrogen-bond acceptors (Lipinski definition) is 6. The number of aromatic amines is 1. The van der Waals surface area contributed by atoms with Crippen LogP contribution >= 0.6 is 23.2 Å². The molecule has 1 saturated heterocycles. The SMILES string of the molecule is C/C=C/C(=O)Nc1cccc(S(=O)(=O)N2CC[C@H](NC(=O)c3[nH]ncc3NC(=O)c3c(Cl)cccc3Cl)C2)c1. The molecule has 0 aliphatic carbocycles. The van der Waals surface area contributed by atoms with Crippen LogP contribution in [-0.4, -0.2) is 59.8 Å². The Morgan fingerprint density at radius 3 is 2.51 bits per heavy atom. The summed E-state index contributed by atoms with van der Waals surface area (Å²) in [5.74, 6) is -1.57. The van der Waals surface area contributed by atoms with Crippen molar-refractivity contribution in [1.29, 1.82) is 0 Å². The van der Waals surface area contributed by atoms with E-state index >= 15 is 0 Å². The van der Waals surface area contributed by atoms with Gasteiger partial charge in [0.2, 0.25) is 15.9 Å². The van der Waals surface area contributed by atoms with Crippen LogP contribution in [0, 0.1) is 0 Å². The predicted octanol–water partition coefficient (Wildman–Crippen LogP) is 3.68. The number of allylic oxidation sites excluding steroid dienone is 1. The number of amides is 3. The van der Waals surface area contributed by atoms with E-state index < -0.39 is 27.9 Å². The number of carbonyl (C=O) groups is 3. The van der Waals surface area contributed by atoms with E-state index in [1.54, 1.807) is 25.1 Å². The highest BCUT2D eigenvalue weighted by atomic mass is 35.5. The van der Waals surface area contributed by atoms with E-state index in [-0.39, 0.29) is 50.9 Å². The lowest BCUT2D eigenvalue weighted by Gasteiger charge is -2.18. The van der Waals surface area contributed by atoms with E-state index in [0.29, 0.717) is 12.1 Å². The monoisotopic (exact) mass is 590 g/mol. The molecule has 11 nitrogen and oxygen atoms in total. The number of hydrogen-bond donors (Lipinski definition) is 4. The maximum atomic E-state index is 13.2. The van der Waals surface area contributed by atoms with Crippen LogP contribution < -0.4 is 16.0 Å². The number of sulfonamides is 1. The molecular weight excluding hydrogens is 567 g/mol. The van der Waals surface area contributed by atoms with E-state index in [0.717, 1.165) is 0 Å². The maximum absolute atomic E-state index is 13.2. The van der Waals surface area contributed by atoms with E-state index in [4.69, 9.17) is 23.2 Å². The van der Waals surface area contributed by atoms with Gasteiger partial charge in [0.1, 0.15) is 5.69 Å². The zero-order valence-electron chi connectivity index (χ0n) is 20.6. The fraction of sp³-hybridized carbons (Fsp3) is 0.200. The van der Waals surface area contributed by atoms with Crippen LogP contribution in [0.25, 0.3) is 0 Å². The van der Waals surface area contributed by atoms with Gasteiger partial charge in [0.05, 0.1) is 32.4 Å². The zero-order valence-corrected chi connectivity index (χ0v) is 22.9. The van der Waals surface area contributed by atoms with Crippen molar-refractivity contribution in [3.05, 3.63) is 82.1 Å². The molecule has 1 aliphatic heterocycles. The number of anilines is 2. The molecule has 3 amide bonds. The molecular formula is C25H24Cl2N6O5S. The Kier molecular flexibility index (Phi) is 8.70. The lowest BCUT2D eigenvalue weighted by Crippen LogP contribution is -2.39. The molecule has 0 radical (unpaired) electrons. The number of aromatic nitrogens is 2. The van der Waals surface area contributed by atoms with Crippen molar-refractivity contribution in [3.8, 4) is 0 Å². The summed E-state index contributed by atoms with van der Waals surface area (Å²) >= 11 is 12.2. The number of nitrogens with zero attached hydrogens (tertiary/aromatic N) is 2. The van der Waals surface area contributed by atoms with Crippen LogP contribution in [0.4, 0.5) is 11.4 Å².